The molecule has 0 saturated carbocycles. The van der Waals surface area contributed by atoms with Crippen LogP contribution in [0.4, 0.5) is 4.39 Å². The predicted octanol–water partition coefficient (Wildman–Crippen LogP) is 2.73. The Kier molecular flexibility index (Phi) is 5.85. The third-order valence-electron chi connectivity index (χ3n) is 5.37. The van der Waals surface area contributed by atoms with E-state index in [-0.39, 0.29) is 11.5 Å². The van der Waals surface area contributed by atoms with Crippen LogP contribution >= 0.6 is 0 Å². The zero-order chi connectivity index (χ0) is 16.9. The summed E-state index contributed by atoms with van der Waals surface area (Å²) in [6, 6.07) is 6.49. The second-order valence-electron chi connectivity index (χ2n) is 6.93. The maximum Gasteiger partial charge on any atom is 0.256 e. The van der Waals surface area contributed by atoms with Crippen molar-refractivity contribution in [3.05, 3.63) is 35.6 Å². The number of hydrogen-bond acceptors (Lipinski definition) is 3. The summed E-state index contributed by atoms with van der Waals surface area (Å²) in [5.74, 6) is -0.910. The van der Waals surface area contributed by atoms with E-state index in [9.17, 15) is 14.3 Å². The summed E-state index contributed by atoms with van der Waals surface area (Å²) >= 11 is 0. The fourth-order valence-corrected chi connectivity index (χ4v) is 3.91. The molecular weight excluding hydrogens is 307 g/mol. The number of piperidine rings is 1. The van der Waals surface area contributed by atoms with Crippen LogP contribution in [-0.4, -0.2) is 53.0 Å². The number of likely N-dealkylation sites (tertiary alicyclic amines) is 2. The summed E-state index contributed by atoms with van der Waals surface area (Å²) in [5.41, 5.74) is 0.0668. The molecule has 2 heterocycles. The summed E-state index contributed by atoms with van der Waals surface area (Å²) < 4.78 is 13.8. The van der Waals surface area contributed by atoms with Crippen LogP contribution in [0, 0.1) is 5.82 Å². The smallest absolute Gasteiger partial charge is 0.256 e. The zero-order valence-electron chi connectivity index (χ0n) is 14.2. The Morgan fingerprint density at radius 2 is 1.67 bits per heavy atom. The molecule has 2 aliphatic heterocycles. The number of halogens is 1. The quantitative estimate of drug-likeness (QED) is 0.924. The van der Waals surface area contributed by atoms with E-state index in [2.05, 4.69) is 4.90 Å². The van der Waals surface area contributed by atoms with Gasteiger partial charge < -0.3 is 14.9 Å². The van der Waals surface area contributed by atoms with Crippen molar-refractivity contribution in [1.82, 2.24) is 9.80 Å². The largest absolute Gasteiger partial charge is 0.378 e. The van der Waals surface area contributed by atoms with E-state index in [0.717, 1.165) is 25.9 Å². The van der Waals surface area contributed by atoms with Gasteiger partial charge in [0.2, 0.25) is 0 Å². The van der Waals surface area contributed by atoms with Gasteiger partial charge in [-0.15, -0.1) is 0 Å². The first-order valence-electron chi connectivity index (χ1n) is 9.12. The van der Waals surface area contributed by atoms with Gasteiger partial charge in [-0.25, -0.2) is 4.39 Å². The number of nitrogens with zero attached hydrogens (tertiary/aromatic N) is 2. The van der Waals surface area contributed by atoms with Crippen LogP contribution in [0.1, 0.15) is 50.2 Å². The van der Waals surface area contributed by atoms with Crippen molar-refractivity contribution in [2.45, 2.75) is 50.7 Å². The Bertz CT molecular complexity index is 550. The van der Waals surface area contributed by atoms with Crippen molar-refractivity contribution in [3.63, 3.8) is 0 Å². The van der Waals surface area contributed by atoms with Gasteiger partial charge in [-0.1, -0.05) is 31.0 Å². The fraction of sp³-hybridized carbons (Fsp3) is 0.632. The maximum absolute atomic E-state index is 13.8. The van der Waals surface area contributed by atoms with Crippen molar-refractivity contribution in [1.29, 1.82) is 0 Å². The second kappa shape index (κ2) is 8.08. The first-order valence-corrected chi connectivity index (χ1v) is 9.12. The molecule has 4 nitrogen and oxygen atoms in total. The van der Waals surface area contributed by atoms with Crippen LogP contribution in [0.2, 0.25) is 0 Å². The summed E-state index contributed by atoms with van der Waals surface area (Å²) in [6.45, 7) is 3.62. The van der Waals surface area contributed by atoms with E-state index in [4.69, 9.17) is 0 Å². The standard InChI is InChI=1S/C19H27FN2O2/c20-17-8-4-3-7-16(17)18(23)19(24)22-13-9-15(10-14-22)21-11-5-1-2-6-12-21/h3-4,7-8,15,18,23H,1-2,5-6,9-14H2/t18-/m1/s1. The highest BCUT2D eigenvalue weighted by Crippen LogP contribution is 2.24. The Labute approximate surface area is 143 Å². The van der Waals surface area contributed by atoms with Gasteiger partial charge in [0.15, 0.2) is 6.10 Å². The van der Waals surface area contributed by atoms with Gasteiger partial charge in [0.05, 0.1) is 0 Å². The van der Waals surface area contributed by atoms with Crippen molar-refractivity contribution in [3.8, 4) is 0 Å². The summed E-state index contributed by atoms with van der Waals surface area (Å²) in [6.07, 6.45) is 5.66. The Balaban J connectivity index is 1.56. The minimum absolute atomic E-state index is 0.0668. The number of carbonyl (C=O) groups excluding carboxylic acids is 1. The monoisotopic (exact) mass is 334 g/mol. The Morgan fingerprint density at radius 3 is 2.29 bits per heavy atom. The maximum atomic E-state index is 13.8. The van der Waals surface area contributed by atoms with E-state index in [1.54, 1.807) is 17.0 Å². The van der Waals surface area contributed by atoms with Crippen LogP contribution in [0.15, 0.2) is 24.3 Å². The molecule has 0 aliphatic carbocycles. The number of hydrogen-bond donors (Lipinski definition) is 1. The molecule has 2 saturated heterocycles. The lowest BCUT2D eigenvalue weighted by Crippen LogP contribution is -2.48. The first kappa shape index (κ1) is 17.4. The normalized spacial score (nSPS) is 22.2. The van der Waals surface area contributed by atoms with Crippen molar-refractivity contribution >= 4 is 5.91 Å². The van der Waals surface area contributed by atoms with E-state index in [1.165, 1.54) is 37.8 Å². The van der Waals surface area contributed by atoms with Gasteiger partial charge in [0.25, 0.3) is 5.91 Å². The van der Waals surface area contributed by atoms with Crippen molar-refractivity contribution in [2.24, 2.45) is 0 Å². The van der Waals surface area contributed by atoms with Crippen LogP contribution in [-0.2, 0) is 4.79 Å². The van der Waals surface area contributed by atoms with Crippen LogP contribution in [0.3, 0.4) is 0 Å². The number of benzene rings is 1. The van der Waals surface area contributed by atoms with Gasteiger partial charge in [-0.3, -0.25) is 4.79 Å². The number of carbonyl (C=O) groups is 1. The first-order chi connectivity index (χ1) is 11.7. The third kappa shape index (κ3) is 3.95. The van der Waals surface area contributed by atoms with Crippen LogP contribution < -0.4 is 0 Å². The molecular formula is C19H27FN2O2. The van der Waals surface area contributed by atoms with Gasteiger partial charge >= 0.3 is 0 Å². The molecule has 1 atom stereocenters. The molecule has 1 N–H and O–H groups in total. The van der Waals surface area contributed by atoms with Crippen molar-refractivity contribution in [2.75, 3.05) is 26.2 Å². The molecule has 1 aromatic rings. The second-order valence-corrected chi connectivity index (χ2v) is 6.93. The lowest BCUT2D eigenvalue weighted by atomic mass is 10.0. The highest BCUT2D eigenvalue weighted by molar-refractivity contribution is 5.82. The van der Waals surface area contributed by atoms with Gasteiger partial charge in [0.1, 0.15) is 5.82 Å². The molecule has 0 spiro atoms. The van der Waals surface area contributed by atoms with Crippen LogP contribution in [0.25, 0.3) is 0 Å². The molecule has 0 unspecified atom stereocenters. The van der Waals surface area contributed by atoms with Gasteiger partial charge in [-0.2, -0.15) is 0 Å². The van der Waals surface area contributed by atoms with Gasteiger partial charge in [-0.05, 0) is 44.8 Å². The molecule has 5 heteroatoms. The predicted molar refractivity (Wildman–Crippen MR) is 91.0 cm³/mol. The highest BCUT2D eigenvalue weighted by Gasteiger charge is 2.31. The zero-order valence-corrected chi connectivity index (χ0v) is 14.2. The minimum atomic E-state index is -1.40. The van der Waals surface area contributed by atoms with Crippen molar-refractivity contribution < 1.29 is 14.3 Å². The molecule has 24 heavy (non-hydrogen) atoms. The lowest BCUT2D eigenvalue weighted by Gasteiger charge is -2.38. The molecule has 0 aromatic heterocycles. The molecule has 132 valence electrons. The van der Waals surface area contributed by atoms with E-state index < -0.39 is 11.9 Å². The Morgan fingerprint density at radius 1 is 1.04 bits per heavy atom. The molecule has 1 aromatic carbocycles. The van der Waals surface area contributed by atoms with E-state index >= 15 is 0 Å². The summed E-state index contributed by atoms with van der Waals surface area (Å²) in [5, 5.41) is 10.2. The van der Waals surface area contributed by atoms with Gasteiger partial charge in [0, 0.05) is 24.7 Å². The topological polar surface area (TPSA) is 43.8 Å². The molecule has 3 rings (SSSR count). The molecule has 2 aliphatic rings. The molecule has 2 fully saturated rings. The lowest BCUT2D eigenvalue weighted by molar-refractivity contribution is -0.142. The number of aliphatic hydroxyl groups is 1. The summed E-state index contributed by atoms with van der Waals surface area (Å²) in [4.78, 5) is 16.7. The van der Waals surface area contributed by atoms with E-state index in [0.29, 0.717) is 19.1 Å². The molecule has 1 amide bonds. The molecule has 0 radical (unpaired) electrons. The third-order valence-corrected chi connectivity index (χ3v) is 5.37. The highest BCUT2D eigenvalue weighted by atomic mass is 19.1. The van der Waals surface area contributed by atoms with E-state index in [1.807, 2.05) is 0 Å². The fourth-order valence-electron chi connectivity index (χ4n) is 3.91. The average molecular weight is 334 g/mol. The number of amides is 1. The SMILES string of the molecule is O=C([C@H](O)c1ccccc1F)N1CCC(N2CCCCCC2)CC1. The number of aliphatic hydroxyl groups excluding tert-OH is 1. The average Bonchev–Trinajstić information content (AvgIpc) is 2.90. The van der Waals surface area contributed by atoms with Crippen LogP contribution in [0.5, 0.6) is 0 Å². The Hall–Kier alpha value is -1.46. The minimum Gasteiger partial charge on any atom is -0.378 e. The number of rotatable bonds is 3. The molecule has 0 bridgehead atoms. The summed E-state index contributed by atoms with van der Waals surface area (Å²) in [7, 11) is 0.